The molecule has 2 saturated heterocycles. The Bertz CT molecular complexity index is 475. The smallest absolute Gasteiger partial charge is 0.152 e. The van der Waals surface area contributed by atoms with Crippen molar-refractivity contribution >= 4 is 21.5 Å². The molecule has 2 heterocycles. The van der Waals surface area contributed by atoms with Gasteiger partial charge in [0.2, 0.25) is 0 Å². The molecule has 1 unspecified atom stereocenters. The number of hydrogen-bond donors (Lipinski definition) is 0. The minimum atomic E-state index is -0.416. The lowest BCUT2D eigenvalue weighted by Crippen LogP contribution is -2.58. The van der Waals surface area contributed by atoms with Crippen LogP contribution in [-0.2, 0) is 19.0 Å². The summed E-state index contributed by atoms with van der Waals surface area (Å²) >= 11 is 0. The van der Waals surface area contributed by atoms with Gasteiger partial charge < -0.3 is 14.2 Å². The number of Topliss-reactive ketones (excluding diaryl/α,β-unsaturated/α-hetero) is 1. The van der Waals surface area contributed by atoms with Gasteiger partial charge in [-0.1, -0.05) is 13.8 Å². The maximum Gasteiger partial charge on any atom is 0.152 e. The molecule has 0 aromatic rings. The van der Waals surface area contributed by atoms with Crippen molar-refractivity contribution in [2.24, 2.45) is 11.8 Å². The molecule has 3 rings (SSSR count). The van der Waals surface area contributed by atoms with E-state index in [9.17, 15) is 4.79 Å². The van der Waals surface area contributed by atoms with Gasteiger partial charge in [-0.15, -0.1) is 0 Å². The van der Waals surface area contributed by atoms with E-state index in [0.717, 1.165) is 25.9 Å². The van der Waals surface area contributed by atoms with E-state index >= 15 is 0 Å². The van der Waals surface area contributed by atoms with Crippen LogP contribution in [0.25, 0.3) is 0 Å². The van der Waals surface area contributed by atoms with E-state index in [1.165, 1.54) is 0 Å². The van der Waals surface area contributed by atoms with Gasteiger partial charge in [-0.25, -0.2) is 0 Å². The average molecular weight is 306 g/mol. The van der Waals surface area contributed by atoms with E-state index < -0.39 is 6.10 Å². The molecule has 1 aliphatic carbocycles. The summed E-state index contributed by atoms with van der Waals surface area (Å²) in [5.41, 5.74) is -0.502. The van der Waals surface area contributed by atoms with E-state index in [1.54, 1.807) is 7.11 Å². The number of ketones is 1. The number of hydrogen-bond acceptors (Lipinski definition) is 4. The first-order valence-electron chi connectivity index (χ1n) is 8.55. The van der Waals surface area contributed by atoms with E-state index in [1.807, 2.05) is 15.7 Å². The molecular weight excluding hydrogens is 278 g/mol. The first kappa shape index (κ1) is 16.5. The number of methoxy groups -OCH3 is 1. The zero-order valence-electron chi connectivity index (χ0n) is 14.8. The molecule has 0 aromatic heterocycles. The Morgan fingerprint density at radius 3 is 2.55 bits per heavy atom. The molecular formula is C16H28B2O4. The zero-order valence-corrected chi connectivity index (χ0v) is 14.8. The predicted molar refractivity (Wildman–Crippen MR) is 89.7 cm³/mol. The van der Waals surface area contributed by atoms with Gasteiger partial charge in [0.25, 0.3) is 0 Å². The van der Waals surface area contributed by atoms with Crippen LogP contribution in [0.3, 0.4) is 0 Å². The highest BCUT2D eigenvalue weighted by Crippen LogP contribution is 2.62. The number of ether oxygens (including phenoxy) is 3. The highest BCUT2D eigenvalue weighted by molar-refractivity contribution is 6.51. The van der Waals surface area contributed by atoms with Crippen LogP contribution in [-0.4, -0.2) is 58.6 Å². The molecule has 4 nitrogen and oxygen atoms in total. The second-order valence-electron chi connectivity index (χ2n) is 8.67. The van der Waals surface area contributed by atoms with Gasteiger partial charge >= 0.3 is 0 Å². The summed E-state index contributed by atoms with van der Waals surface area (Å²) in [4.78, 5) is 12.8. The molecule has 3 aliphatic rings. The fourth-order valence-electron chi connectivity index (χ4n) is 4.57. The molecule has 0 N–H and O–H groups in total. The molecule has 0 radical (unpaired) electrons. The van der Waals surface area contributed by atoms with Crippen LogP contribution in [0.4, 0.5) is 0 Å². The van der Waals surface area contributed by atoms with Crippen molar-refractivity contribution in [2.45, 2.75) is 68.7 Å². The lowest BCUT2D eigenvalue weighted by Gasteiger charge is -2.44. The Labute approximate surface area is 135 Å². The highest BCUT2D eigenvalue weighted by atomic mass is 16.6. The largest absolute Gasteiger partial charge is 0.373 e. The van der Waals surface area contributed by atoms with Gasteiger partial charge in [-0.3, -0.25) is 4.79 Å². The fraction of sp³-hybridized carbons (Fsp3) is 0.938. The lowest BCUT2D eigenvalue weighted by molar-refractivity contribution is -0.144. The van der Waals surface area contributed by atoms with Crippen molar-refractivity contribution < 1.29 is 19.0 Å². The summed E-state index contributed by atoms with van der Waals surface area (Å²) in [6.45, 7) is 7.33. The summed E-state index contributed by atoms with van der Waals surface area (Å²) in [6.07, 6.45) is 2.79. The molecule has 0 aromatic carbocycles. The summed E-state index contributed by atoms with van der Waals surface area (Å²) in [5, 5.41) is -0.383. The number of carbonyl (C=O) groups excluding carboxylic acids is 1. The molecule has 0 amide bonds. The van der Waals surface area contributed by atoms with Crippen LogP contribution in [0.5, 0.6) is 0 Å². The van der Waals surface area contributed by atoms with Gasteiger partial charge in [-0.2, -0.15) is 0 Å². The Morgan fingerprint density at radius 2 is 2.05 bits per heavy atom. The van der Waals surface area contributed by atoms with Crippen molar-refractivity contribution in [3.05, 3.63) is 0 Å². The van der Waals surface area contributed by atoms with E-state index in [-0.39, 0.29) is 34.2 Å². The Morgan fingerprint density at radius 1 is 1.41 bits per heavy atom. The summed E-state index contributed by atoms with van der Waals surface area (Å²) in [6, 6.07) is 0. The van der Waals surface area contributed by atoms with Crippen molar-refractivity contribution in [3.63, 3.8) is 0 Å². The van der Waals surface area contributed by atoms with Gasteiger partial charge in [0.15, 0.2) is 5.78 Å². The minimum Gasteiger partial charge on any atom is -0.373 e. The zero-order chi connectivity index (χ0) is 16.3. The second kappa shape index (κ2) is 5.09. The Hall–Kier alpha value is -0.320. The number of epoxide rings is 2. The second-order valence-corrected chi connectivity index (χ2v) is 8.67. The van der Waals surface area contributed by atoms with Crippen molar-refractivity contribution in [1.29, 1.82) is 0 Å². The van der Waals surface area contributed by atoms with Crippen LogP contribution in [0.2, 0.25) is 5.21 Å². The van der Waals surface area contributed by atoms with E-state index in [2.05, 4.69) is 20.8 Å². The Kier molecular flexibility index (Phi) is 3.82. The van der Waals surface area contributed by atoms with Gasteiger partial charge in [0.05, 0.1) is 24.2 Å². The SMILES string of the molecule is BC1(B)C[C@]2(CO2)[C@@H](C2(C)O[C@@H]2CCC(C)C)[C@H](OC)C1=O. The standard InChI is InChI=1S/C16H28B2O4/c1-9(2)5-6-10-14(3,22-10)12-11(20-4)13(19)16(17,18)7-15(12)8-21-15/h9-12H,5-8,17-18H2,1-4H3/t10-,11+,12-,14?,15+/m1/s1. The van der Waals surface area contributed by atoms with Crippen LogP contribution in [0.15, 0.2) is 0 Å². The average Bonchev–Trinajstić information content (AvgIpc) is 3.30. The molecule has 22 heavy (non-hydrogen) atoms. The molecule has 2 aliphatic heterocycles. The Balaban J connectivity index is 1.81. The van der Waals surface area contributed by atoms with Crippen LogP contribution < -0.4 is 0 Å². The monoisotopic (exact) mass is 306 g/mol. The van der Waals surface area contributed by atoms with Gasteiger partial charge in [-0.05, 0) is 37.3 Å². The maximum absolute atomic E-state index is 12.8. The topological polar surface area (TPSA) is 51.4 Å². The predicted octanol–water partition coefficient (Wildman–Crippen LogP) is 0.336. The molecule has 1 saturated carbocycles. The lowest BCUT2D eigenvalue weighted by atomic mass is 9.43. The van der Waals surface area contributed by atoms with E-state index in [0.29, 0.717) is 5.92 Å². The third kappa shape index (κ3) is 2.47. The third-order valence-electron chi connectivity index (χ3n) is 5.91. The maximum atomic E-state index is 12.8. The highest BCUT2D eigenvalue weighted by Gasteiger charge is 2.74. The number of rotatable bonds is 5. The summed E-state index contributed by atoms with van der Waals surface area (Å²) < 4.78 is 17.7. The molecule has 0 bridgehead atoms. The summed E-state index contributed by atoms with van der Waals surface area (Å²) in [5.74, 6) is 0.882. The van der Waals surface area contributed by atoms with Crippen LogP contribution >= 0.6 is 0 Å². The van der Waals surface area contributed by atoms with E-state index in [4.69, 9.17) is 14.2 Å². The van der Waals surface area contributed by atoms with Crippen LogP contribution in [0.1, 0.15) is 40.0 Å². The molecule has 6 heteroatoms. The first-order chi connectivity index (χ1) is 10.2. The van der Waals surface area contributed by atoms with Crippen LogP contribution in [0, 0.1) is 11.8 Å². The molecule has 5 atom stereocenters. The summed E-state index contributed by atoms with van der Waals surface area (Å²) in [7, 11) is 5.66. The third-order valence-corrected chi connectivity index (χ3v) is 5.91. The van der Waals surface area contributed by atoms with Crippen molar-refractivity contribution in [3.8, 4) is 0 Å². The number of carbonyl (C=O) groups is 1. The molecule has 1 spiro atoms. The van der Waals surface area contributed by atoms with Gasteiger partial charge in [0, 0.05) is 7.11 Å². The van der Waals surface area contributed by atoms with Gasteiger partial charge in [0.1, 0.15) is 27.4 Å². The fourth-order valence-corrected chi connectivity index (χ4v) is 4.57. The quantitative estimate of drug-likeness (QED) is 0.543. The molecule has 122 valence electrons. The normalized spacial score (nSPS) is 46.2. The van der Waals surface area contributed by atoms with Crippen molar-refractivity contribution in [1.82, 2.24) is 0 Å². The minimum absolute atomic E-state index is 0.0164. The first-order valence-corrected chi connectivity index (χ1v) is 8.55. The van der Waals surface area contributed by atoms with Crippen molar-refractivity contribution in [2.75, 3.05) is 13.7 Å². The molecule has 3 fully saturated rings.